The van der Waals surface area contributed by atoms with E-state index in [0.29, 0.717) is 26.6 Å². The Hall–Kier alpha value is -4.69. The fourth-order valence-corrected chi connectivity index (χ4v) is 4.98. The van der Waals surface area contributed by atoms with Crippen molar-refractivity contribution in [2.45, 2.75) is 12.8 Å². The molecule has 0 radical (unpaired) electrons. The lowest BCUT2D eigenvalue weighted by Crippen LogP contribution is -2.40. The van der Waals surface area contributed by atoms with Crippen LogP contribution in [-0.2, 0) is 23.9 Å². The second kappa shape index (κ2) is 9.89. The van der Waals surface area contributed by atoms with Crippen molar-refractivity contribution in [2.24, 2.45) is 5.73 Å². The van der Waals surface area contributed by atoms with Crippen molar-refractivity contribution in [2.75, 3.05) is 24.4 Å². The normalized spacial score (nSPS) is 15.5. The third-order valence-electron chi connectivity index (χ3n) is 5.52. The smallest absolute Gasteiger partial charge is 0.355 e. The molecule has 2 aromatic carbocycles. The lowest BCUT2D eigenvalue weighted by molar-refractivity contribution is -0.139. The number of allylic oxidation sites excluding steroid dienone is 1. The standard InChI is InChI=1S/C25H21N5O5S/c1-13(31)28-25-29-17-10-9-15(11-18(17)36-25)30-21(24(33)35-3)20(23(32)34-2)19(16(12-26)22(30)27)14-7-5-4-6-8-14/h4-11,19H,27H2,1-3H3,(H,28,29,31). The van der Waals surface area contributed by atoms with Crippen molar-refractivity contribution in [3.05, 3.63) is 76.8 Å². The summed E-state index contributed by atoms with van der Waals surface area (Å²) in [4.78, 5) is 43.4. The second-order valence-corrected chi connectivity index (χ2v) is 8.72. The Labute approximate surface area is 210 Å². The number of nitrogens with one attached hydrogen (secondary N) is 1. The Morgan fingerprint density at radius 2 is 1.81 bits per heavy atom. The molecule has 0 aliphatic carbocycles. The van der Waals surface area contributed by atoms with Crippen molar-refractivity contribution in [1.29, 1.82) is 5.26 Å². The highest BCUT2D eigenvalue weighted by molar-refractivity contribution is 7.22. The molecule has 2 heterocycles. The van der Waals surface area contributed by atoms with E-state index in [2.05, 4.69) is 16.4 Å². The molecule has 1 atom stereocenters. The van der Waals surface area contributed by atoms with Gasteiger partial charge in [0.15, 0.2) is 5.13 Å². The van der Waals surface area contributed by atoms with E-state index in [1.54, 1.807) is 48.5 Å². The Kier molecular flexibility index (Phi) is 6.71. The number of nitrogens with zero attached hydrogens (tertiary/aromatic N) is 3. The molecule has 0 fully saturated rings. The van der Waals surface area contributed by atoms with Crippen LogP contribution in [0.25, 0.3) is 10.2 Å². The van der Waals surface area contributed by atoms with Gasteiger partial charge in [0.1, 0.15) is 11.5 Å². The van der Waals surface area contributed by atoms with Crippen LogP contribution in [0.3, 0.4) is 0 Å². The molecule has 1 aromatic heterocycles. The minimum absolute atomic E-state index is 0.0367. The number of aromatic nitrogens is 1. The first-order chi connectivity index (χ1) is 17.3. The molecule has 4 rings (SSSR count). The summed E-state index contributed by atoms with van der Waals surface area (Å²) in [5.41, 5.74) is 7.91. The zero-order valence-electron chi connectivity index (χ0n) is 19.6. The number of nitrogens with two attached hydrogens (primary N) is 1. The van der Waals surface area contributed by atoms with Crippen LogP contribution in [0.2, 0.25) is 0 Å². The maximum atomic E-state index is 13.1. The lowest BCUT2D eigenvalue weighted by atomic mass is 9.81. The number of carbonyl (C=O) groups excluding carboxylic acids is 3. The van der Waals surface area contributed by atoms with Gasteiger partial charge >= 0.3 is 11.9 Å². The zero-order chi connectivity index (χ0) is 26.0. The SMILES string of the molecule is COC(=O)C1=C(C(=O)OC)N(c2ccc3nc(NC(C)=O)sc3c2)C(N)=C(C#N)C1c1ccccc1. The maximum absolute atomic E-state index is 13.1. The lowest BCUT2D eigenvalue weighted by Gasteiger charge is -2.35. The molecule has 0 spiro atoms. The van der Waals surface area contributed by atoms with Crippen LogP contribution >= 0.6 is 11.3 Å². The molecule has 1 amide bonds. The number of hydrogen-bond donors (Lipinski definition) is 2. The van der Waals surface area contributed by atoms with Gasteiger partial charge in [0.05, 0.1) is 47.6 Å². The number of esters is 2. The summed E-state index contributed by atoms with van der Waals surface area (Å²) in [5.74, 6) is -2.89. The van der Waals surface area contributed by atoms with Gasteiger partial charge < -0.3 is 20.5 Å². The minimum Gasteiger partial charge on any atom is -0.466 e. The Morgan fingerprint density at radius 1 is 1.11 bits per heavy atom. The topological polar surface area (TPSA) is 148 Å². The number of amides is 1. The van der Waals surface area contributed by atoms with Crippen molar-refractivity contribution in [3.63, 3.8) is 0 Å². The fourth-order valence-electron chi connectivity index (χ4n) is 4.04. The monoisotopic (exact) mass is 503 g/mol. The second-order valence-electron chi connectivity index (χ2n) is 7.69. The van der Waals surface area contributed by atoms with E-state index >= 15 is 0 Å². The highest BCUT2D eigenvalue weighted by atomic mass is 32.1. The summed E-state index contributed by atoms with van der Waals surface area (Å²) in [6.07, 6.45) is 0. The molecule has 3 aromatic rings. The molecule has 1 aliphatic heterocycles. The van der Waals surface area contributed by atoms with E-state index in [-0.39, 0.29) is 28.6 Å². The highest BCUT2D eigenvalue weighted by Gasteiger charge is 2.43. The highest BCUT2D eigenvalue weighted by Crippen LogP contribution is 2.44. The van der Waals surface area contributed by atoms with Crippen LogP contribution in [0.5, 0.6) is 0 Å². The van der Waals surface area contributed by atoms with Gasteiger partial charge in [0.2, 0.25) is 5.91 Å². The number of hydrogen-bond acceptors (Lipinski definition) is 10. The molecule has 3 N–H and O–H groups in total. The van der Waals surface area contributed by atoms with E-state index in [9.17, 15) is 19.6 Å². The zero-order valence-corrected chi connectivity index (χ0v) is 20.4. The van der Waals surface area contributed by atoms with Crippen molar-refractivity contribution >= 4 is 50.2 Å². The van der Waals surface area contributed by atoms with Crippen LogP contribution in [0, 0.1) is 11.3 Å². The van der Waals surface area contributed by atoms with Crippen molar-refractivity contribution < 1.29 is 23.9 Å². The molecule has 1 unspecified atom stereocenters. The molecule has 0 bridgehead atoms. The third kappa shape index (κ3) is 4.25. The van der Waals surface area contributed by atoms with Gasteiger partial charge in [-0.2, -0.15) is 5.26 Å². The molecule has 1 aliphatic rings. The molecule has 11 heteroatoms. The number of carbonyl (C=O) groups is 3. The van der Waals surface area contributed by atoms with Gasteiger partial charge in [-0.05, 0) is 23.8 Å². The summed E-state index contributed by atoms with van der Waals surface area (Å²) in [5, 5.41) is 13.2. The maximum Gasteiger partial charge on any atom is 0.355 e. The molecule has 10 nitrogen and oxygen atoms in total. The number of nitriles is 1. The van der Waals surface area contributed by atoms with Crippen LogP contribution in [-0.4, -0.2) is 37.0 Å². The average Bonchev–Trinajstić information content (AvgIpc) is 3.28. The molecule has 182 valence electrons. The molecule has 0 saturated heterocycles. The minimum atomic E-state index is -0.951. The van der Waals surface area contributed by atoms with E-state index in [1.165, 1.54) is 37.4 Å². The van der Waals surface area contributed by atoms with Crippen LogP contribution in [0.4, 0.5) is 10.8 Å². The van der Waals surface area contributed by atoms with Gasteiger partial charge in [0.25, 0.3) is 0 Å². The van der Waals surface area contributed by atoms with Crippen molar-refractivity contribution in [3.8, 4) is 6.07 Å². The predicted octanol–water partition coefficient (Wildman–Crippen LogP) is 3.15. The van der Waals surface area contributed by atoms with E-state index in [4.69, 9.17) is 15.2 Å². The molecular weight excluding hydrogens is 482 g/mol. The van der Waals surface area contributed by atoms with Crippen LogP contribution in [0.15, 0.2) is 71.2 Å². The number of thiazole rings is 1. The first kappa shape index (κ1) is 24.4. The largest absolute Gasteiger partial charge is 0.466 e. The number of ether oxygens (including phenoxy) is 2. The van der Waals surface area contributed by atoms with E-state index in [1.807, 2.05) is 0 Å². The Bertz CT molecular complexity index is 1490. The molecule has 0 saturated carbocycles. The predicted molar refractivity (Wildman–Crippen MR) is 133 cm³/mol. The van der Waals surface area contributed by atoms with E-state index < -0.39 is 17.9 Å². The first-order valence-corrected chi connectivity index (χ1v) is 11.5. The number of anilines is 2. The summed E-state index contributed by atoms with van der Waals surface area (Å²) >= 11 is 1.22. The Balaban J connectivity index is 2.00. The van der Waals surface area contributed by atoms with Gasteiger partial charge in [-0.25, -0.2) is 14.6 Å². The molecule has 36 heavy (non-hydrogen) atoms. The summed E-state index contributed by atoms with van der Waals surface area (Å²) in [6.45, 7) is 1.38. The summed E-state index contributed by atoms with van der Waals surface area (Å²) < 4.78 is 10.8. The summed E-state index contributed by atoms with van der Waals surface area (Å²) in [7, 11) is 2.38. The number of rotatable bonds is 5. The Morgan fingerprint density at radius 3 is 2.42 bits per heavy atom. The number of methoxy groups -OCH3 is 2. The third-order valence-corrected chi connectivity index (χ3v) is 6.46. The molecular formula is C25H21N5O5S. The van der Waals surface area contributed by atoms with Gasteiger partial charge in [-0.3, -0.25) is 9.69 Å². The van der Waals surface area contributed by atoms with Gasteiger partial charge in [-0.15, -0.1) is 0 Å². The van der Waals surface area contributed by atoms with Crippen LogP contribution in [0.1, 0.15) is 18.4 Å². The quantitative estimate of drug-likeness (QED) is 0.501. The first-order valence-electron chi connectivity index (χ1n) is 10.6. The number of fused-ring (bicyclic) bond motifs is 1. The van der Waals surface area contributed by atoms with Gasteiger partial charge in [-0.1, -0.05) is 41.7 Å². The average molecular weight is 504 g/mol. The summed E-state index contributed by atoms with van der Waals surface area (Å²) in [6, 6.07) is 15.9. The number of benzene rings is 2. The van der Waals surface area contributed by atoms with Gasteiger partial charge in [0, 0.05) is 12.6 Å². The van der Waals surface area contributed by atoms with Crippen molar-refractivity contribution in [1.82, 2.24) is 4.98 Å². The fraction of sp³-hybridized carbons (Fsp3) is 0.160. The van der Waals surface area contributed by atoms with Crippen LogP contribution < -0.4 is 16.0 Å². The van der Waals surface area contributed by atoms with E-state index in [0.717, 1.165) is 0 Å².